The summed E-state index contributed by atoms with van der Waals surface area (Å²) in [5, 5.41) is 6.03. The lowest BCUT2D eigenvalue weighted by molar-refractivity contribution is -0.117. The van der Waals surface area contributed by atoms with Crippen molar-refractivity contribution in [3.05, 3.63) is 23.8 Å². The lowest BCUT2D eigenvalue weighted by Crippen LogP contribution is -2.32. The molecule has 2 N–H and O–H groups in total. The summed E-state index contributed by atoms with van der Waals surface area (Å²) < 4.78 is 0. The summed E-state index contributed by atoms with van der Waals surface area (Å²) in [7, 11) is 1.82. The van der Waals surface area contributed by atoms with Gasteiger partial charge >= 0.3 is 0 Å². The van der Waals surface area contributed by atoms with E-state index in [1.54, 1.807) is 0 Å². The van der Waals surface area contributed by atoms with Crippen LogP contribution in [0.15, 0.2) is 18.2 Å². The predicted octanol–water partition coefficient (Wildman–Crippen LogP) is 2.53. The zero-order valence-corrected chi connectivity index (χ0v) is 12.3. The molecule has 2 aliphatic rings. The van der Waals surface area contributed by atoms with Crippen LogP contribution in [0.4, 0.5) is 11.4 Å². The van der Waals surface area contributed by atoms with E-state index < -0.39 is 0 Å². The van der Waals surface area contributed by atoms with Crippen LogP contribution in [0, 0.1) is 5.92 Å². The van der Waals surface area contributed by atoms with Crippen molar-refractivity contribution in [3.63, 3.8) is 0 Å². The molecule has 4 heteroatoms. The molecule has 0 aromatic heterocycles. The molecule has 20 heavy (non-hydrogen) atoms. The molecule has 1 aromatic rings. The number of nitrogens with zero attached hydrogens (tertiary/aromatic N) is 1. The van der Waals surface area contributed by atoms with E-state index in [1.165, 1.54) is 24.9 Å². The van der Waals surface area contributed by atoms with Crippen molar-refractivity contribution in [2.24, 2.45) is 5.92 Å². The number of benzene rings is 1. The number of carbonyl (C=O) groups excluding carboxylic acids is 1. The zero-order valence-electron chi connectivity index (χ0n) is 12.3. The first-order chi connectivity index (χ1) is 9.72. The van der Waals surface area contributed by atoms with Gasteiger partial charge in [0.15, 0.2) is 0 Å². The number of anilines is 2. The molecule has 0 radical (unpaired) electrons. The molecule has 1 heterocycles. The molecule has 3 rings (SSSR count). The molecular formula is C16H23N3O. The van der Waals surface area contributed by atoms with Crippen LogP contribution in [0.25, 0.3) is 0 Å². The third-order valence-corrected chi connectivity index (χ3v) is 4.61. The Morgan fingerprint density at radius 3 is 2.80 bits per heavy atom. The predicted molar refractivity (Wildman–Crippen MR) is 82.1 cm³/mol. The first-order valence-electron chi connectivity index (χ1n) is 7.60. The fraction of sp³-hybridized carbons (Fsp3) is 0.562. The monoisotopic (exact) mass is 273 g/mol. The lowest BCUT2D eigenvalue weighted by Gasteiger charge is -2.33. The standard InChI is InChI=1S/C16H23N3O/c1-3-19(10-11-5-4-6-11)12-7-8-13-14(9-12)18-16(20)15(13)17-2/h7-9,11,15,17H,3-6,10H2,1-2H3,(H,18,20). The Balaban J connectivity index is 1.81. The largest absolute Gasteiger partial charge is 0.371 e. The van der Waals surface area contributed by atoms with Gasteiger partial charge < -0.3 is 15.5 Å². The minimum atomic E-state index is -0.208. The van der Waals surface area contributed by atoms with Crippen LogP contribution >= 0.6 is 0 Å². The fourth-order valence-electron chi connectivity index (χ4n) is 3.14. The maximum atomic E-state index is 11.9. The summed E-state index contributed by atoms with van der Waals surface area (Å²) in [5.41, 5.74) is 3.23. The second kappa shape index (κ2) is 5.44. The van der Waals surface area contributed by atoms with Gasteiger partial charge in [0.1, 0.15) is 6.04 Å². The normalized spacial score (nSPS) is 21.3. The SMILES string of the molecule is CCN(CC1CCC1)c1ccc2c(c1)NC(=O)C2NC. The van der Waals surface area contributed by atoms with E-state index in [-0.39, 0.29) is 11.9 Å². The molecule has 1 aliphatic heterocycles. The highest BCUT2D eigenvalue weighted by Gasteiger charge is 2.29. The van der Waals surface area contributed by atoms with Gasteiger partial charge in [0.25, 0.3) is 0 Å². The van der Waals surface area contributed by atoms with Crippen LogP contribution in [0.1, 0.15) is 37.8 Å². The summed E-state index contributed by atoms with van der Waals surface area (Å²) in [4.78, 5) is 14.3. The van der Waals surface area contributed by atoms with Crippen LogP contribution in [0.3, 0.4) is 0 Å². The van der Waals surface area contributed by atoms with E-state index in [4.69, 9.17) is 0 Å². The van der Waals surface area contributed by atoms with E-state index in [9.17, 15) is 4.79 Å². The third-order valence-electron chi connectivity index (χ3n) is 4.61. The maximum absolute atomic E-state index is 11.9. The van der Waals surface area contributed by atoms with Crippen LogP contribution in [-0.4, -0.2) is 26.0 Å². The molecule has 1 amide bonds. The fourth-order valence-corrected chi connectivity index (χ4v) is 3.14. The Labute approximate surface area is 120 Å². The third kappa shape index (κ3) is 2.29. The summed E-state index contributed by atoms with van der Waals surface area (Å²) >= 11 is 0. The van der Waals surface area contributed by atoms with Gasteiger partial charge in [-0.05, 0) is 44.9 Å². The van der Waals surface area contributed by atoms with Crippen LogP contribution < -0.4 is 15.5 Å². The summed E-state index contributed by atoms with van der Waals surface area (Å²) in [6.45, 7) is 4.35. The maximum Gasteiger partial charge on any atom is 0.246 e. The van der Waals surface area contributed by atoms with Gasteiger partial charge in [-0.25, -0.2) is 0 Å². The van der Waals surface area contributed by atoms with Crippen molar-refractivity contribution in [2.45, 2.75) is 32.2 Å². The average Bonchev–Trinajstić information content (AvgIpc) is 2.72. The van der Waals surface area contributed by atoms with Gasteiger partial charge in [0, 0.05) is 30.0 Å². The van der Waals surface area contributed by atoms with Crippen molar-refractivity contribution < 1.29 is 4.79 Å². The molecule has 0 spiro atoms. The number of amides is 1. The van der Waals surface area contributed by atoms with E-state index in [0.717, 1.165) is 30.3 Å². The number of nitrogens with one attached hydrogen (secondary N) is 2. The Hall–Kier alpha value is -1.55. The second-order valence-corrected chi connectivity index (χ2v) is 5.82. The van der Waals surface area contributed by atoms with Crippen molar-refractivity contribution in [1.29, 1.82) is 0 Å². The van der Waals surface area contributed by atoms with E-state index in [2.05, 4.69) is 40.7 Å². The molecule has 0 bridgehead atoms. The minimum Gasteiger partial charge on any atom is -0.371 e. The van der Waals surface area contributed by atoms with Gasteiger partial charge in [-0.15, -0.1) is 0 Å². The zero-order chi connectivity index (χ0) is 14.1. The Kier molecular flexibility index (Phi) is 3.66. The van der Waals surface area contributed by atoms with Gasteiger partial charge in [-0.2, -0.15) is 0 Å². The highest BCUT2D eigenvalue weighted by atomic mass is 16.2. The molecule has 1 aromatic carbocycles. The Morgan fingerprint density at radius 2 is 2.20 bits per heavy atom. The average molecular weight is 273 g/mol. The van der Waals surface area contributed by atoms with Gasteiger partial charge in [-0.3, -0.25) is 4.79 Å². The summed E-state index contributed by atoms with van der Waals surface area (Å²) in [6.07, 6.45) is 4.10. The van der Waals surface area contributed by atoms with E-state index in [1.807, 2.05) is 7.05 Å². The first kappa shape index (κ1) is 13.4. The van der Waals surface area contributed by atoms with Crippen LogP contribution in [0.5, 0.6) is 0 Å². The van der Waals surface area contributed by atoms with E-state index >= 15 is 0 Å². The van der Waals surface area contributed by atoms with Crippen molar-refractivity contribution in [3.8, 4) is 0 Å². The van der Waals surface area contributed by atoms with Crippen molar-refractivity contribution >= 4 is 17.3 Å². The molecule has 1 atom stereocenters. The lowest BCUT2D eigenvalue weighted by atomic mass is 9.85. The van der Waals surface area contributed by atoms with Crippen LogP contribution in [0.2, 0.25) is 0 Å². The highest BCUT2D eigenvalue weighted by Crippen LogP contribution is 2.35. The Morgan fingerprint density at radius 1 is 1.40 bits per heavy atom. The molecule has 1 aliphatic carbocycles. The Bertz CT molecular complexity index is 510. The van der Waals surface area contributed by atoms with Gasteiger partial charge in [0.2, 0.25) is 5.91 Å². The number of carbonyl (C=O) groups is 1. The molecule has 1 saturated carbocycles. The number of rotatable bonds is 5. The quantitative estimate of drug-likeness (QED) is 0.866. The molecule has 0 saturated heterocycles. The minimum absolute atomic E-state index is 0.0432. The number of likely N-dealkylation sites (N-methyl/N-ethyl adjacent to an activating group) is 1. The number of fused-ring (bicyclic) bond motifs is 1. The number of hydrogen-bond donors (Lipinski definition) is 2. The van der Waals surface area contributed by atoms with E-state index in [0.29, 0.717) is 0 Å². The van der Waals surface area contributed by atoms with Crippen molar-refractivity contribution in [1.82, 2.24) is 5.32 Å². The summed E-state index contributed by atoms with van der Waals surface area (Å²) in [6, 6.07) is 6.13. The first-order valence-corrected chi connectivity index (χ1v) is 7.60. The second-order valence-electron chi connectivity index (χ2n) is 5.82. The molecule has 4 nitrogen and oxygen atoms in total. The van der Waals surface area contributed by atoms with Gasteiger partial charge in [-0.1, -0.05) is 12.5 Å². The molecular weight excluding hydrogens is 250 g/mol. The van der Waals surface area contributed by atoms with Crippen LogP contribution in [-0.2, 0) is 4.79 Å². The molecule has 1 unspecified atom stereocenters. The number of hydrogen-bond acceptors (Lipinski definition) is 3. The topological polar surface area (TPSA) is 44.4 Å². The molecule has 1 fully saturated rings. The van der Waals surface area contributed by atoms with Crippen molar-refractivity contribution in [2.75, 3.05) is 30.4 Å². The van der Waals surface area contributed by atoms with Gasteiger partial charge in [0.05, 0.1) is 0 Å². The summed E-state index contributed by atoms with van der Waals surface area (Å²) in [5.74, 6) is 0.893. The highest BCUT2D eigenvalue weighted by molar-refractivity contribution is 6.03. The molecule has 108 valence electrons. The smallest absolute Gasteiger partial charge is 0.246 e.